The second-order valence-corrected chi connectivity index (χ2v) is 4.72. The SMILES string of the molecule is Nc1nc(Oc2cc(C(=O)O)ccc2Br)ccc1[N+](=O)[O-]. The molecular weight excluding hydrogens is 346 g/mol. The molecule has 0 spiro atoms. The highest BCUT2D eigenvalue weighted by Gasteiger charge is 2.15. The molecule has 0 unspecified atom stereocenters. The molecule has 9 heteroatoms. The summed E-state index contributed by atoms with van der Waals surface area (Å²) >= 11 is 3.21. The van der Waals surface area contributed by atoms with Gasteiger partial charge in [-0.3, -0.25) is 10.1 Å². The summed E-state index contributed by atoms with van der Waals surface area (Å²) in [5.41, 5.74) is 5.15. The number of hydrogen-bond donors (Lipinski definition) is 2. The van der Waals surface area contributed by atoms with Crippen LogP contribution in [0.1, 0.15) is 10.4 Å². The van der Waals surface area contributed by atoms with Crippen molar-refractivity contribution in [3.63, 3.8) is 0 Å². The first-order valence-electron chi connectivity index (χ1n) is 5.50. The molecule has 1 heterocycles. The lowest BCUT2D eigenvalue weighted by Gasteiger charge is -2.08. The third-order valence-corrected chi connectivity index (χ3v) is 3.12. The smallest absolute Gasteiger partial charge is 0.335 e. The number of halogens is 1. The Labute approximate surface area is 126 Å². The highest BCUT2D eigenvalue weighted by Crippen LogP contribution is 2.31. The Morgan fingerprint density at radius 3 is 2.67 bits per heavy atom. The quantitative estimate of drug-likeness (QED) is 0.638. The van der Waals surface area contributed by atoms with Gasteiger partial charge in [-0.05, 0) is 34.1 Å². The Kier molecular flexibility index (Phi) is 4.03. The highest BCUT2D eigenvalue weighted by atomic mass is 79.9. The first kappa shape index (κ1) is 14.7. The minimum atomic E-state index is -1.11. The number of aromatic nitrogens is 1. The number of aromatic carboxylic acids is 1. The Balaban J connectivity index is 2.34. The summed E-state index contributed by atoms with van der Waals surface area (Å²) in [5.74, 6) is -1.18. The summed E-state index contributed by atoms with van der Waals surface area (Å²) in [6, 6.07) is 6.64. The number of nitro groups is 1. The van der Waals surface area contributed by atoms with E-state index in [0.29, 0.717) is 4.47 Å². The van der Waals surface area contributed by atoms with Crippen LogP contribution in [0.3, 0.4) is 0 Å². The number of nitrogens with zero attached hydrogens (tertiary/aromatic N) is 2. The van der Waals surface area contributed by atoms with Crippen molar-refractivity contribution < 1.29 is 19.6 Å². The Bertz CT molecular complexity index is 735. The maximum absolute atomic E-state index is 10.9. The summed E-state index contributed by atoms with van der Waals surface area (Å²) in [5, 5.41) is 19.6. The molecule has 0 aliphatic heterocycles. The normalized spacial score (nSPS) is 10.1. The molecule has 0 aliphatic carbocycles. The molecule has 21 heavy (non-hydrogen) atoms. The molecule has 1 aromatic carbocycles. The molecular formula is C12H8BrN3O5. The third kappa shape index (κ3) is 3.26. The first-order valence-corrected chi connectivity index (χ1v) is 6.29. The predicted octanol–water partition coefficient (Wildman–Crippen LogP) is 2.83. The Hall–Kier alpha value is -2.68. The average molecular weight is 354 g/mol. The topological polar surface area (TPSA) is 129 Å². The molecule has 3 N–H and O–H groups in total. The Morgan fingerprint density at radius 1 is 1.38 bits per heavy atom. The van der Waals surface area contributed by atoms with Crippen molar-refractivity contribution in [3.05, 3.63) is 50.5 Å². The molecule has 0 saturated carbocycles. The van der Waals surface area contributed by atoms with E-state index in [1.807, 2.05) is 0 Å². The number of benzene rings is 1. The maximum Gasteiger partial charge on any atom is 0.335 e. The van der Waals surface area contributed by atoms with Crippen LogP contribution in [-0.2, 0) is 0 Å². The number of rotatable bonds is 4. The second kappa shape index (κ2) is 5.75. The van der Waals surface area contributed by atoms with Gasteiger partial charge >= 0.3 is 11.7 Å². The van der Waals surface area contributed by atoms with Crippen molar-refractivity contribution in [2.75, 3.05) is 5.73 Å². The van der Waals surface area contributed by atoms with Gasteiger partial charge in [0.05, 0.1) is 15.0 Å². The van der Waals surface area contributed by atoms with E-state index in [9.17, 15) is 14.9 Å². The number of ether oxygens (including phenoxy) is 1. The molecule has 0 atom stereocenters. The molecule has 108 valence electrons. The van der Waals surface area contributed by atoms with Crippen LogP contribution in [0.4, 0.5) is 11.5 Å². The van der Waals surface area contributed by atoms with Crippen LogP contribution < -0.4 is 10.5 Å². The number of anilines is 1. The van der Waals surface area contributed by atoms with Gasteiger partial charge in [0, 0.05) is 12.1 Å². The van der Waals surface area contributed by atoms with E-state index in [1.54, 1.807) is 0 Å². The number of nitrogens with two attached hydrogens (primary N) is 1. The molecule has 2 rings (SSSR count). The molecule has 0 amide bonds. The highest BCUT2D eigenvalue weighted by molar-refractivity contribution is 9.10. The van der Waals surface area contributed by atoms with Gasteiger partial charge in [-0.25, -0.2) is 4.79 Å². The van der Waals surface area contributed by atoms with Crippen molar-refractivity contribution in [2.24, 2.45) is 0 Å². The zero-order valence-electron chi connectivity index (χ0n) is 10.3. The number of carboxylic acid groups (broad SMARTS) is 1. The fraction of sp³-hybridized carbons (Fsp3) is 0. The van der Waals surface area contributed by atoms with Gasteiger partial charge in [-0.15, -0.1) is 0 Å². The fourth-order valence-corrected chi connectivity index (χ4v) is 1.81. The largest absolute Gasteiger partial charge is 0.478 e. The summed E-state index contributed by atoms with van der Waals surface area (Å²) in [6.07, 6.45) is 0. The number of nitrogen functional groups attached to an aromatic ring is 1. The van der Waals surface area contributed by atoms with Crippen molar-refractivity contribution in [3.8, 4) is 11.6 Å². The van der Waals surface area contributed by atoms with E-state index < -0.39 is 10.9 Å². The van der Waals surface area contributed by atoms with Gasteiger partial charge in [0.15, 0.2) is 0 Å². The van der Waals surface area contributed by atoms with Crippen molar-refractivity contribution in [1.29, 1.82) is 0 Å². The van der Waals surface area contributed by atoms with Gasteiger partial charge < -0.3 is 15.6 Å². The van der Waals surface area contributed by atoms with Crippen LogP contribution in [0.5, 0.6) is 11.6 Å². The van der Waals surface area contributed by atoms with E-state index >= 15 is 0 Å². The number of carbonyl (C=O) groups is 1. The molecule has 8 nitrogen and oxygen atoms in total. The minimum Gasteiger partial charge on any atom is -0.478 e. The van der Waals surface area contributed by atoms with Crippen LogP contribution in [0.2, 0.25) is 0 Å². The van der Waals surface area contributed by atoms with E-state index in [0.717, 1.165) is 6.07 Å². The van der Waals surface area contributed by atoms with Gasteiger partial charge in [-0.1, -0.05) is 0 Å². The standard InChI is InChI=1S/C12H8BrN3O5/c13-7-2-1-6(12(17)18)5-9(7)21-10-4-3-8(16(19)20)11(14)15-10/h1-5H,(H2,14,15)(H,17,18). The van der Waals surface area contributed by atoms with Gasteiger partial charge in [0.1, 0.15) is 5.75 Å². The summed E-state index contributed by atoms with van der Waals surface area (Å²) in [4.78, 5) is 24.6. The number of hydrogen-bond acceptors (Lipinski definition) is 6. The minimum absolute atomic E-state index is 0.0151. The third-order valence-electron chi connectivity index (χ3n) is 2.47. The molecule has 0 fully saturated rings. The lowest BCUT2D eigenvalue weighted by Crippen LogP contribution is -2.00. The van der Waals surface area contributed by atoms with Gasteiger partial charge in [0.25, 0.3) is 0 Å². The summed E-state index contributed by atoms with van der Waals surface area (Å²) in [6.45, 7) is 0. The van der Waals surface area contributed by atoms with Crippen LogP contribution in [-0.4, -0.2) is 21.0 Å². The molecule has 0 aliphatic rings. The van der Waals surface area contributed by atoms with E-state index in [1.165, 1.54) is 24.3 Å². The second-order valence-electron chi connectivity index (χ2n) is 3.86. The average Bonchev–Trinajstić information content (AvgIpc) is 2.40. The number of carboxylic acids is 1. The monoisotopic (exact) mass is 353 g/mol. The lowest BCUT2D eigenvalue weighted by molar-refractivity contribution is -0.384. The predicted molar refractivity (Wildman–Crippen MR) is 76.5 cm³/mol. The van der Waals surface area contributed by atoms with Crippen LogP contribution in [0, 0.1) is 10.1 Å². The van der Waals surface area contributed by atoms with Crippen LogP contribution in [0.25, 0.3) is 0 Å². The van der Waals surface area contributed by atoms with Crippen molar-refractivity contribution in [1.82, 2.24) is 4.98 Å². The zero-order chi connectivity index (χ0) is 15.6. The van der Waals surface area contributed by atoms with Gasteiger partial charge in [0.2, 0.25) is 11.7 Å². The van der Waals surface area contributed by atoms with Crippen molar-refractivity contribution >= 4 is 33.4 Å². The lowest BCUT2D eigenvalue weighted by atomic mass is 10.2. The first-order chi connectivity index (χ1) is 9.88. The molecule has 0 bridgehead atoms. The Morgan fingerprint density at radius 2 is 2.10 bits per heavy atom. The van der Waals surface area contributed by atoms with Crippen LogP contribution >= 0.6 is 15.9 Å². The fourth-order valence-electron chi connectivity index (χ4n) is 1.49. The van der Waals surface area contributed by atoms with Gasteiger partial charge in [-0.2, -0.15) is 4.98 Å². The molecule has 0 radical (unpaired) electrons. The zero-order valence-corrected chi connectivity index (χ0v) is 11.9. The summed E-state index contributed by atoms with van der Waals surface area (Å²) < 4.78 is 5.90. The van der Waals surface area contributed by atoms with E-state index in [2.05, 4.69) is 20.9 Å². The van der Waals surface area contributed by atoms with E-state index in [4.69, 9.17) is 15.6 Å². The molecule has 1 aromatic heterocycles. The molecule has 2 aromatic rings. The summed E-state index contributed by atoms with van der Waals surface area (Å²) in [7, 11) is 0. The van der Waals surface area contributed by atoms with Crippen LogP contribution in [0.15, 0.2) is 34.8 Å². The van der Waals surface area contributed by atoms with E-state index in [-0.39, 0.29) is 28.7 Å². The maximum atomic E-state index is 10.9. The molecule has 0 saturated heterocycles. The number of pyridine rings is 1. The van der Waals surface area contributed by atoms with Crippen molar-refractivity contribution in [2.45, 2.75) is 0 Å².